The smallest absolute Gasteiger partial charge is 0.423 e. The number of rotatable bonds is 2. The minimum Gasteiger partial charge on any atom is -0.433 e. The Hall–Kier alpha value is -2.65. The quantitative estimate of drug-likeness (QED) is 0.618. The highest BCUT2D eigenvalue weighted by Gasteiger charge is 2.49. The summed E-state index contributed by atoms with van der Waals surface area (Å²) in [4.78, 5) is 33.5. The molecule has 1 aromatic rings. The molecule has 1 aliphatic rings. The molecule has 0 bridgehead atoms. The molecule has 0 aromatic heterocycles. The lowest BCUT2D eigenvalue weighted by Crippen LogP contribution is -2.36. The van der Waals surface area contributed by atoms with E-state index in [-0.39, 0.29) is 0 Å². The summed E-state index contributed by atoms with van der Waals surface area (Å²) in [6.07, 6.45) is -6.15. The molecule has 22 heavy (non-hydrogen) atoms. The number of carbonyl (C=O) groups excluding carboxylic acids is 2. The SMILES string of the molecule is CC1(C)OC(=O)N(c2ccc([N+](=O)[O-])c(C(F)(F)F)c2)C1=O. The average Bonchev–Trinajstić information content (AvgIpc) is 2.56. The first kappa shape index (κ1) is 15.7. The fourth-order valence-electron chi connectivity index (χ4n) is 1.93. The van der Waals surface area contributed by atoms with E-state index in [0.29, 0.717) is 17.0 Å². The monoisotopic (exact) mass is 318 g/mol. The van der Waals surface area contributed by atoms with Crippen molar-refractivity contribution >= 4 is 23.4 Å². The standard InChI is InChI=1S/C12H9F3N2O5/c1-11(2)9(18)16(10(19)22-11)6-3-4-8(17(20)21)7(5-6)12(13,14)15/h3-5H,1-2H3. The molecule has 1 aliphatic heterocycles. The topological polar surface area (TPSA) is 89.8 Å². The van der Waals surface area contributed by atoms with Gasteiger partial charge in [-0.2, -0.15) is 13.2 Å². The fraction of sp³-hybridized carbons (Fsp3) is 0.333. The second kappa shape index (κ2) is 4.68. The maximum atomic E-state index is 12.9. The maximum Gasteiger partial charge on any atom is 0.423 e. The van der Waals surface area contributed by atoms with Crippen LogP contribution in [0.5, 0.6) is 0 Å². The van der Waals surface area contributed by atoms with Gasteiger partial charge in [0.05, 0.1) is 10.6 Å². The zero-order chi connectivity index (χ0) is 16.9. The van der Waals surface area contributed by atoms with Gasteiger partial charge in [0.1, 0.15) is 5.56 Å². The van der Waals surface area contributed by atoms with Crippen molar-refractivity contribution in [3.63, 3.8) is 0 Å². The van der Waals surface area contributed by atoms with E-state index in [4.69, 9.17) is 4.74 Å². The molecular weight excluding hydrogens is 309 g/mol. The number of imide groups is 1. The van der Waals surface area contributed by atoms with Crippen LogP contribution in [-0.2, 0) is 15.7 Å². The van der Waals surface area contributed by atoms with Gasteiger partial charge in [0.2, 0.25) is 0 Å². The molecule has 0 N–H and O–H groups in total. The van der Waals surface area contributed by atoms with Crippen LogP contribution < -0.4 is 4.90 Å². The van der Waals surface area contributed by atoms with Gasteiger partial charge < -0.3 is 4.74 Å². The first-order valence-electron chi connectivity index (χ1n) is 5.88. The lowest BCUT2D eigenvalue weighted by atomic mass is 10.1. The van der Waals surface area contributed by atoms with Gasteiger partial charge in [-0.25, -0.2) is 9.69 Å². The maximum absolute atomic E-state index is 12.9. The molecule has 0 unspecified atom stereocenters. The number of hydrogen-bond acceptors (Lipinski definition) is 5. The Morgan fingerprint density at radius 1 is 1.27 bits per heavy atom. The lowest BCUT2D eigenvalue weighted by Gasteiger charge is -2.15. The molecule has 0 radical (unpaired) electrons. The van der Waals surface area contributed by atoms with Gasteiger partial charge in [-0.3, -0.25) is 14.9 Å². The molecular formula is C12H9F3N2O5. The number of carbonyl (C=O) groups is 2. The molecule has 1 saturated heterocycles. The summed E-state index contributed by atoms with van der Waals surface area (Å²) in [5, 5.41) is 10.7. The van der Waals surface area contributed by atoms with Crippen LogP contribution >= 0.6 is 0 Å². The Labute approximate surface area is 121 Å². The summed E-state index contributed by atoms with van der Waals surface area (Å²) >= 11 is 0. The molecule has 0 atom stereocenters. The molecule has 0 aliphatic carbocycles. The number of hydrogen-bond donors (Lipinski definition) is 0. The lowest BCUT2D eigenvalue weighted by molar-refractivity contribution is -0.388. The van der Waals surface area contributed by atoms with Gasteiger partial charge in [-0.05, 0) is 26.0 Å². The van der Waals surface area contributed by atoms with Crippen LogP contribution in [0.15, 0.2) is 18.2 Å². The zero-order valence-electron chi connectivity index (χ0n) is 11.3. The van der Waals surface area contributed by atoms with Crippen molar-refractivity contribution in [1.29, 1.82) is 0 Å². The molecule has 1 heterocycles. The Morgan fingerprint density at radius 3 is 2.27 bits per heavy atom. The van der Waals surface area contributed by atoms with Crippen molar-refractivity contribution in [1.82, 2.24) is 0 Å². The van der Waals surface area contributed by atoms with Crippen molar-refractivity contribution < 1.29 is 32.4 Å². The highest BCUT2D eigenvalue weighted by atomic mass is 19.4. The van der Waals surface area contributed by atoms with Gasteiger partial charge in [0.15, 0.2) is 5.60 Å². The van der Waals surface area contributed by atoms with Crippen LogP contribution in [-0.4, -0.2) is 22.5 Å². The number of anilines is 1. The third-order valence-electron chi connectivity index (χ3n) is 2.98. The van der Waals surface area contributed by atoms with Gasteiger partial charge in [-0.15, -0.1) is 0 Å². The van der Waals surface area contributed by atoms with Gasteiger partial charge in [0.25, 0.3) is 11.6 Å². The Kier molecular flexibility index (Phi) is 3.35. The molecule has 1 fully saturated rings. The minimum atomic E-state index is -5.01. The number of amides is 2. The van der Waals surface area contributed by atoms with Crippen LogP contribution in [0, 0.1) is 10.1 Å². The molecule has 118 valence electrons. The molecule has 0 spiro atoms. The first-order valence-corrected chi connectivity index (χ1v) is 5.88. The summed E-state index contributed by atoms with van der Waals surface area (Å²) < 4.78 is 43.4. The normalized spacial score (nSPS) is 17.6. The molecule has 0 saturated carbocycles. The second-order valence-corrected chi connectivity index (χ2v) is 4.98. The Morgan fingerprint density at radius 2 is 1.86 bits per heavy atom. The van der Waals surface area contributed by atoms with Crippen molar-refractivity contribution in [3.8, 4) is 0 Å². The number of nitrogens with zero attached hydrogens (tertiary/aromatic N) is 2. The summed E-state index contributed by atoms with van der Waals surface area (Å²) in [6.45, 7) is 2.56. The molecule has 2 amide bonds. The van der Waals surface area contributed by atoms with Crippen LogP contribution in [0.1, 0.15) is 19.4 Å². The number of alkyl halides is 3. The number of nitro groups is 1. The van der Waals surface area contributed by atoms with E-state index in [1.807, 2.05) is 0 Å². The van der Waals surface area contributed by atoms with E-state index >= 15 is 0 Å². The Balaban J connectivity index is 2.57. The third kappa shape index (κ3) is 2.47. The van der Waals surface area contributed by atoms with Crippen LogP contribution in [0.2, 0.25) is 0 Å². The predicted octanol–water partition coefficient (Wildman–Crippen LogP) is 2.88. The molecule has 10 heteroatoms. The van der Waals surface area contributed by atoms with Crippen molar-refractivity contribution in [2.45, 2.75) is 25.6 Å². The number of ether oxygens (including phenoxy) is 1. The predicted molar refractivity (Wildman–Crippen MR) is 66.1 cm³/mol. The van der Waals surface area contributed by atoms with E-state index in [9.17, 15) is 32.9 Å². The summed E-state index contributed by atoms with van der Waals surface area (Å²) in [7, 11) is 0. The van der Waals surface area contributed by atoms with E-state index in [1.54, 1.807) is 0 Å². The zero-order valence-corrected chi connectivity index (χ0v) is 11.3. The van der Waals surface area contributed by atoms with E-state index in [2.05, 4.69) is 0 Å². The molecule has 7 nitrogen and oxygen atoms in total. The first-order chi connectivity index (χ1) is 9.95. The number of nitro benzene ring substituents is 1. The number of halogens is 3. The van der Waals surface area contributed by atoms with Crippen LogP contribution in [0.25, 0.3) is 0 Å². The second-order valence-electron chi connectivity index (χ2n) is 4.98. The minimum absolute atomic E-state index is 0.374. The highest BCUT2D eigenvalue weighted by Crippen LogP contribution is 2.39. The van der Waals surface area contributed by atoms with Crippen LogP contribution in [0.4, 0.5) is 29.3 Å². The summed E-state index contributed by atoms with van der Waals surface area (Å²) in [5.74, 6) is -0.862. The third-order valence-corrected chi connectivity index (χ3v) is 2.98. The van der Waals surface area contributed by atoms with E-state index in [1.165, 1.54) is 13.8 Å². The Bertz CT molecular complexity index is 684. The summed E-state index contributed by atoms with van der Waals surface area (Å²) in [6, 6.07) is 1.84. The molecule has 1 aromatic carbocycles. The van der Waals surface area contributed by atoms with Crippen LogP contribution in [0.3, 0.4) is 0 Å². The highest BCUT2D eigenvalue weighted by molar-refractivity contribution is 6.19. The van der Waals surface area contributed by atoms with Gasteiger partial charge in [0, 0.05) is 6.07 Å². The van der Waals surface area contributed by atoms with Gasteiger partial charge in [-0.1, -0.05) is 0 Å². The van der Waals surface area contributed by atoms with Crippen molar-refractivity contribution in [3.05, 3.63) is 33.9 Å². The van der Waals surface area contributed by atoms with Crippen molar-refractivity contribution in [2.75, 3.05) is 4.90 Å². The number of cyclic esters (lactones) is 1. The fourth-order valence-corrected chi connectivity index (χ4v) is 1.93. The number of benzene rings is 1. The van der Waals surface area contributed by atoms with E-state index in [0.717, 1.165) is 6.07 Å². The summed E-state index contributed by atoms with van der Waals surface area (Å²) in [5.41, 5.74) is -4.69. The average molecular weight is 318 g/mol. The largest absolute Gasteiger partial charge is 0.433 e. The van der Waals surface area contributed by atoms with E-state index < -0.39 is 45.6 Å². The molecule has 2 rings (SSSR count). The van der Waals surface area contributed by atoms with Crippen molar-refractivity contribution in [2.24, 2.45) is 0 Å². The van der Waals surface area contributed by atoms with Gasteiger partial charge >= 0.3 is 12.3 Å².